The fourth-order valence-electron chi connectivity index (χ4n) is 3.33. The molecule has 7 heteroatoms. The van der Waals surface area contributed by atoms with Crippen LogP contribution >= 0.6 is 11.8 Å². The van der Waals surface area contributed by atoms with Gasteiger partial charge in [-0.05, 0) is 51.1 Å². The maximum atomic E-state index is 13.0. The van der Waals surface area contributed by atoms with E-state index in [1.165, 1.54) is 23.9 Å². The lowest BCUT2D eigenvalue weighted by Crippen LogP contribution is -2.14. The van der Waals surface area contributed by atoms with Crippen LogP contribution in [0.5, 0.6) is 0 Å². The monoisotopic (exact) mass is 402 g/mol. The first kappa shape index (κ1) is 20.4. The number of nitrogens with zero attached hydrogens (tertiary/aromatic N) is 2. The molecule has 0 saturated heterocycles. The van der Waals surface area contributed by atoms with Crippen molar-refractivity contribution in [2.45, 2.75) is 32.0 Å². The van der Waals surface area contributed by atoms with Crippen molar-refractivity contribution in [3.05, 3.63) is 59.3 Å². The number of aromatic nitrogens is 2. The zero-order valence-corrected chi connectivity index (χ0v) is 17.2. The first-order valence-electron chi connectivity index (χ1n) is 8.95. The highest BCUT2D eigenvalue weighted by molar-refractivity contribution is 7.99. The van der Waals surface area contributed by atoms with Crippen LogP contribution in [-0.2, 0) is 4.74 Å². The van der Waals surface area contributed by atoms with Crippen LogP contribution in [0, 0.1) is 19.7 Å². The number of rotatable bonds is 8. The summed E-state index contributed by atoms with van der Waals surface area (Å²) >= 11 is 1.25. The number of methoxy groups -OCH3 is 1. The van der Waals surface area contributed by atoms with Crippen molar-refractivity contribution in [1.29, 1.82) is 0 Å². The number of thioether (sulfide) groups is 1. The number of benzene rings is 1. The van der Waals surface area contributed by atoms with Gasteiger partial charge in [-0.2, -0.15) is 0 Å². The smallest absolute Gasteiger partial charge is 0.256 e. The molecule has 0 spiro atoms. The molecule has 1 atom stereocenters. The summed E-state index contributed by atoms with van der Waals surface area (Å²) in [6.07, 6.45) is 1.58. The first-order valence-corrected chi connectivity index (χ1v) is 9.94. The number of carbonyl (C=O) groups excluding carboxylic acids is 1. The van der Waals surface area contributed by atoms with E-state index >= 15 is 0 Å². The second-order valence-electron chi connectivity index (χ2n) is 6.67. The highest BCUT2D eigenvalue weighted by atomic mass is 32.2. The number of ether oxygens (including phenoxy) is 1. The van der Waals surface area contributed by atoms with Gasteiger partial charge < -0.3 is 13.7 Å². The van der Waals surface area contributed by atoms with Gasteiger partial charge in [0.15, 0.2) is 11.5 Å². The van der Waals surface area contributed by atoms with Gasteiger partial charge >= 0.3 is 0 Å². The Labute approximate surface area is 167 Å². The largest absolute Gasteiger partial charge is 0.431 e. The first-order chi connectivity index (χ1) is 13.4. The van der Waals surface area contributed by atoms with E-state index < -0.39 is 0 Å². The third-order valence-electron chi connectivity index (χ3n) is 4.57. The van der Waals surface area contributed by atoms with Gasteiger partial charge in [0.1, 0.15) is 5.82 Å². The molecule has 0 fully saturated rings. The van der Waals surface area contributed by atoms with Crippen LogP contribution in [0.3, 0.4) is 0 Å². The van der Waals surface area contributed by atoms with Gasteiger partial charge in [0.05, 0.1) is 24.6 Å². The highest BCUT2D eigenvalue weighted by Crippen LogP contribution is 2.27. The number of ketones is 1. The molecule has 0 N–H and O–H groups in total. The molecule has 0 bridgehead atoms. The standard InChI is InChI=1S/C21H23FN2O3S/c1-13-9-18(15(3)24(13)14(2)11-26-4)19(25)12-28-21-23-10-20(27-21)16-5-7-17(22)8-6-16/h5-10,14H,11-12H2,1-4H3. The molecule has 1 aromatic carbocycles. The van der Waals surface area contributed by atoms with E-state index in [-0.39, 0.29) is 23.4 Å². The summed E-state index contributed by atoms with van der Waals surface area (Å²) < 4.78 is 26.1. The van der Waals surface area contributed by atoms with Crippen LogP contribution in [0.25, 0.3) is 11.3 Å². The number of Topliss-reactive ketones (excluding diaryl/α,β-unsaturated/α-hetero) is 1. The summed E-state index contributed by atoms with van der Waals surface area (Å²) in [5, 5.41) is 0.411. The van der Waals surface area contributed by atoms with E-state index in [1.807, 2.05) is 19.9 Å². The van der Waals surface area contributed by atoms with E-state index in [4.69, 9.17) is 9.15 Å². The summed E-state index contributed by atoms with van der Waals surface area (Å²) in [6, 6.07) is 8.08. The number of hydrogen-bond donors (Lipinski definition) is 0. The molecular formula is C21H23FN2O3S. The normalized spacial score (nSPS) is 12.3. The van der Waals surface area contributed by atoms with Gasteiger partial charge in [0, 0.05) is 29.6 Å². The molecular weight excluding hydrogens is 379 g/mol. The summed E-state index contributed by atoms with van der Waals surface area (Å²) in [4.78, 5) is 16.9. The van der Waals surface area contributed by atoms with Crippen LogP contribution in [0.2, 0.25) is 0 Å². The molecule has 3 rings (SSSR count). The fourth-order valence-corrected chi connectivity index (χ4v) is 4.02. The van der Waals surface area contributed by atoms with Crippen LogP contribution in [0.4, 0.5) is 4.39 Å². The predicted octanol–water partition coefficient (Wildman–Crippen LogP) is 5.08. The minimum atomic E-state index is -0.305. The number of oxazole rings is 1. The van der Waals surface area contributed by atoms with E-state index in [9.17, 15) is 9.18 Å². The van der Waals surface area contributed by atoms with E-state index in [2.05, 4.69) is 16.5 Å². The second kappa shape index (κ2) is 8.75. The Bertz CT molecular complexity index is 963. The SMILES string of the molecule is COCC(C)n1c(C)cc(C(=O)CSc2ncc(-c3ccc(F)cc3)o2)c1C. The highest BCUT2D eigenvalue weighted by Gasteiger charge is 2.19. The van der Waals surface area contributed by atoms with Crippen LogP contribution in [0.1, 0.15) is 34.7 Å². The lowest BCUT2D eigenvalue weighted by Gasteiger charge is -2.17. The van der Waals surface area contributed by atoms with Crippen molar-refractivity contribution in [3.63, 3.8) is 0 Å². The Balaban J connectivity index is 1.68. The minimum Gasteiger partial charge on any atom is -0.431 e. The van der Waals surface area contributed by atoms with Crippen molar-refractivity contribution in [1.82, 2.24) is 9.55 Å². The van der Waals surface area contributed by atoms with Gasteiger partial charge in [-0.15, -0.1) is 0 Å². The quantitative estimate of drug-likeness (QED) is 0.388. The maximum Gasteiger partial charge on any atom is 0.256 e. The van der Waals surface area contributed by atoms with E-state index in [0.717, 1.165) is 17.0 Å². The molecule has 148 valence electrons. The predicted molar refractivity (Wildman–Crippen MR) is 107 cm³/mol. The average molecular weight is 402 g/mol. The topological polar surface area (TPSA) is 57.3 Å². The third-order valence-corrected chi connectivity index (χ3v) is 5.42. The molecule has 2 aromatic heterocycles. The Morgan fingerprint density at radius 2 is 2.04 bits per heavy atom. The number of carbonyl (C=O) groups is 1. The van der Waals surface area contributed by atoms with Gasteiger partial charge in [0.2, 0.25) is 0 Å². The molecule has 3 aromatic rings. The molecule has 5 nitrogen and oxygen atoms in total. The van der Waals surface area contributed by atoms with Crippen molar-refractivity contribution in [2.24, 2.45) is 0 Å². The fraction of sp³-hybridized carbons (Fsp3) is 0.333. The minimum absolute atomic E-state index is 0.0236. The third kappa shape index (κ3) is 4.36. The lowest BCUT2D eigenvalue weighted by molar-refractivity contribution is 0.102. The van der Waals surface area contributed by atoms with Crippen molar-refractivity contribution >= 4 is 17.5 Å². The van der Waals surface area contributed by atoms with E-state index in [0.29, 0.717) is 23.2 Å². The zero-order chi connectivity index (χ0) is 20.3. The molecule has 0 aliphatic carbocycles. The Morgan fingerprint density at radius 1 is 1.32 bits per heavy atom. The molecule has 28 heavy (non-hydrogen) atoms. The molecule has 0 radical (unpaired) electrons. The average Bonchev–Trinajstić information content (AvgIpc) is 3.25. The van der Waals surface area contributed by atoms with Crippen molar-refractivity contribution in [3.8, 4) is 11.3 Å². The zero-order valence-electron chi connectivity index (χ0n) is 16.4. The second-order valence-corrected chi connectivity index (χ2v) is 7.59. The van der Waals surface area contributed by atoms with E-state index in [1.54, 1.807) is 25.4 Å². The van der Waals surface area contributed by atoms with Crippen molar-refractivity contribution < 1.29 is 18.3 Å². The molecule has 2 heterocycles. The summed E-state index contributed by atoms with van der Waals surface area (Å²) in [7, 11) is 1.67. The number of aryl methyl sites for hydroxylation is 1. The van der Waals surface area contributed by atoms with Crippen LogP contribution < -0.4 is 0 Å². The molecule has 0 aliphatic heterocycles. The number of halogens is 1. The molecule has 1 unspecified atom stereocenters. The Kier molecular flexibility index (Phi) is 6.36. The maximum absolute atomic E-state index is 13.0. The lowest BCUT2D eigenvalue weighted by atomic mass is 10.2. The molecule has 0 saturated carbocycles. The van der Waals surface area contributed by atoms with Crippen LogP contribution in [0.15, 0.2) is 46.2 Å². The van der Waals surface area contributed by atoms with Crippen molar-refractivity contribution in [2.75, 3.05) is 19.5 Å². The molecule has 0 amide bonds. The Morgan fingerprint density at radius 3 is 2.71 bits per heavy atom. The Hall–Kier alpha value is -2.38. The molecule has 0 aliphatic rings. The van der Waals surface area contributed by atoms with Crippen LogP contribution in [-0.4, -0.2) is 34.8 Å². The van der Waals surface area contributed by atoms with Gasteiger partial charge in [-0.1, -0.05) is 11.8 Å². The van der Waals surface area contributed by atoms with Gasteiger partial charge in [0.25, 0.3) is 5.22 Å². The summed E-state index contributed by atoms with van der Waals surface area (Å²) in [5.74, 6) is 0.490. The number of hydrogen-bond acceptors (Lipinski definition) is 5. The summed E-state index contributed by atoms with van der Waals surface area (Å²) in [5.41, 5.74) is 3.41. The van der Waals surface area contributed by atoms with Gasteiger partial charge in [-0.25, -0.2) is 9.37 Å². The summed E-state index contributed by atoms with van der Waals surface area (Å²) in [6.45, 7) is 6.60. The van der Waals surface area contributed by atoms with Gasteiger partial charge in [-0.3, -0.25) is 4.79 Å².